The molecule has 15 heavy (non-hydrogen) atoms. The van der Waals surface area contributed by atoms with Gasteiger partial charge in [0, 0.05) is 33.6 Å². The van der Waals surface area contributed by atoms with E-state index < -0.39 is 0 Å². The molecular formula is C11H20N2O2. The molecule has 1 rings (SSSR count). The molecule has 4 nitrogen and oxygen atoms in total. The molecule has 2 amide bonds. The van der Waals surface area contributed by atoms with Gasteiger partial charge in [-0.3, -0.25) is 9.59 Å². The predicted octanol–water partition coefficient (Wildman–Crippen LogP) is 0.579. The number of hydrogen-bond donors (Lipinski definition) is 0. The Morgan fingerprint density at radius 3 is 2.60 bits per heavy atom. The molecule has 0 N–H and O–H groups in total. The smallest absolute Gasteiger partial charge is 0.227 e. The quantitative estimate of drug-likeness (QED) is 0.686. The van der Waals surface area contributed by atoms with Crippen molar-refractivity contribution < 1.29 is 9.59 Å². The largest absolute Gasteiger partial charge is 0.349 e. The highest BCUT2D eigenvalue weighted by Crippen LogP contribution is 2.20. The van der Waals surface area contributed by atoms with Crippen molar-refractivity contribution in [3.63, 3.8) is 0 Å². The summed E-state index contributed by atoms with van der Waals surface area (Å²) >= 11 is 0. The monoisotopic (exact) mass is 212 g/mol. The Balaban J connectivity index is 2.56. The zero-order valence-electron chi connectivity index (χ0n) is 9.99. The number of hydrogen-bond acceptors (Lipinski definition) is 2. The van der Waals surface area contributed by atoms with Crippen LogP contribution in [0.25, 0.3) is 0 Å². The van der Waals surface area contributed by atoms with Gasteiger partial charge in [0.25, 0.3) is 0 Å². The molecule has 0 aromatic heterocycles. The van der Waals surface area contributed by atoms with Crippen molar-refractivity contribution in [1.29, 1.82) is 0 Å². The van der Waals surface area contributed by atoms with Crippen molar-refractivity contribution in [3.05, 3.63) is 0 Å². The Morgan fingerprint density at radius 1 is 1.53 bits per heavy atom. The third-order valence-electron chi connectivity index (χ3n) is 2.59. The standard InChI is InChI=1S/C11H20N2O2/c1-8(2)6-13-7-9(5-10(13)14)11(15)12(3)4/h8-9H,5-7H2,1-4H3. The van der Waals surface area contributed by atoms with Crippen LogP contribution in [0.2, 0.25) is 0 Å². The molecule has 0 spiro atoms. The topological polar surface area (TPSA) is 40.6 Å². The van der Waals surface area contributed by atoms with Crippen LogP contribution in [0.15, 0.2) is 0 Å². The van der Waals surface area contributed by atoms with Crippen molar-refractivity contribution in [3.8, 4) is 0 Å². The minimum atomic E-state index is -0.133. The van der Waals surface area contributed by atoms with E-state index in [9.17, 15) is 9.59 Å². The summed E-state index contributed by atoms with van der Waals surface area (Å²) < 4.78 is 0. The summed E-state index contributed by atoms with van der Waals surface area (Å²) in [5.74, 6) is 0.506. The molecule has 0 saturated carbocycles. The molecule has 86 valence electrons. The van der Waals surface area contributed by atoms with Crippen LogP contribution < -0.4 is 0 Å². The number of nitrogens with zero attached hydrogens (tertiary/aromatic N) is 2. The minimum absolute atomic E-state index is 0.0645. The maximum absolute atomic E-state index is 11.7. The Hall–Kier alpha value is -1.06. The van der Waals surface area contributed by atoms with Crippen LogP contribution in [0, 0.1) is 11.8 Å². The molecule has 0 aromatic rings. The van der Waals surface area contributed by atoms with Crippen LogP contribution >= 0.6 is 0 Å². The van der Waals surface area contributed by atoms with Crippen LogP contribution in [0.3, 0.4) is 0 Å². The van der Waals surface area contributed by atoms with Crippen molar-refractivity contribution in [1.82, 2.24) is 9.80 Å². The summed E-state index contributed by atoms with van der Waals surface area (Å²) in [6.07, 6.45) is 0.379. The van der Waals surface area contributed by atoms with E-state index in [1.54, 1.807) is 23.9 Å². The van der Waals surface area contributed by atoms with Gasteiger partial charge in [-0.15, -0.1) is 0 Å². The molecule has 1 aliphatic heterocycles. The molecule has 1 unspecified atom stereocenters. The summed E-state index contributed by atoms with van der Waals surface area (Å²) in [4.78, 5) is 26.6. The fraction of sp³-hybridized carbons (Fsp3) is 0.818. The first-order valence-electron chi connectivity index (χ1n) is 5.40. The van der Waals surface area contributed by atoms with Crippen molar-refractivity contribution >= 4 is 11.8 Å². The first-order chi connectivity index (χ1) is 6.91. The number of carbonyl (C=O) groups excluding carboxylic acids is 2. The van der Waals surface area contributed by atoms with Gasteiger partial charge >= 0.3 is 0 Å². The van der Waals surface area contributed by atoms with E-state index in [0.29, 0.717) is 18.9 Å². The SMILES string of the molecule is CC(C)CN1CC(C(=O)N(C)C)CC1=O. The van der Waals surface area contributed by atoms with Crippen LogP contribution in [0.1, 0.15) is 20.3 Å². The predicted molar refractivity (Wildman–Crippen MR) is 58.2 cm³/mol. The minimum Gasteiger partial charge on any atom is -0.349 e. The van der Waals surface area contributed by atoms with Crippen LogP contribution in [0.4, 0.5) is 0 Å². The third kappa shape index (κ3) is 2.94. The van der Waals surface area contributed by atoms with E-state index in [2.05, 4.69) is 13.8 Å². The average molecular weight is 212 g/mol. The Kier molecular flexibility index (Phi) is 3.72. The van der Waals surface area contributed by atoms with E-state index >= 15 is 0 Å². The Labute approximate surface area is 91.2 Å². The van der Waals surface area contributed by atoms with E-state index in [4.69, 9.17) is 0 Å². The van der Waals surface area contributed by atoms with E-state index in [1.807, 2.05) is 0 Å². The number of carbonyl (C=O) groups is 2. The zero-order valence-corrected chi connectivity index (χ0v) is 9.99. The average Bonchev–Trinajstić information content (AvgIpc) is 2.45. The van der Waals surface area contributed by atoms with Gasteiger partial charge in [-0.05, 0) is 5.92 Å². The first-order valence-corrected chi connectivity index (χ1v) is 5.40. The van der Waals surface area contributed by atoms with Gasteiger partial charge in [0.1, 0.15) is 0 Å². The van der Waals surface area contributed by atoms with Crippen molar-refractivity contribution in [2.75, 3.05) is 27.2 Å². The lowest BCUT2D eigenvalue weighted by molar-refractivity contribution is -0.133. The summed E-state index contributed by atoms with van der Waals surface area (Å²) in [6, 6.07) is 0. The molecule has 0 radical (unpaired) electrons. The molecule has 1 aliphatic rings. The molecule has 0 aliphatic carbocycles. The molecular weight excluding hydrogens is 192 g/mol. The fourth-order valence-corrected chi connectivity index (χ4v) is 1.92. The van der Waals surface area contributed by atoms with Crippen LogP contribution in [-0.4, -0.2) is 48.8 Å². The zero-order chi connectivity index (χ0) is 11.6. The summed E-state index contributed by atoms with van der Waals surface area (Å²) in [5, 5.41) is 0. The highest BCUT2D eigenvalue weighted by atomic mass is 16.2. The molecule has 1 atom stereocenters. The lowest BCUT2D eigenvalue weighted by Gasteiger charge is -2.19. The van der Waals surface area contributed by atoms with Crippen molar-refractivity contribution in [2.45, 2.75) is 20.3 Å². The van der Waals surface area contributed by atoms with Gasteiger partial charge in [0.05, 0.1) is 5.92 Å². The van der Waals surface area contributed by atoms with Crippen molar-refractivity contribution in [2.24, 2.45) is 11.8 Å². The molecule has 0 bridgehead atoms. The van der Waals surface area contributed by atoms with Crippen LogP contribution in [0.5, 0.6) is 0 Å². The number of likely N-dealkylation sites (tertiary alicyclic amines) is 1. The summed E-state index contributed by atoms with van der Waals surface area (Å²) in [6.45, 7) is 5.51. The maximum atomic E-state index is 11.7. The lowest BCUT2D eigenvalue weighted by atomic mass is 10.1. The summed E-state index contributed by atoms with van der Waals surface area (Å²) in [7, 11) is 3.47. The van der Waals surface area contributed by atoms with Gasteiger partial charge in [-0.1, -0.05) is 13.8 Å². The van der Waals surface area contributed by atoms with Gasteiger partial charge < -0.3 is 9.80 Å². The second-order valence-electron chi connectivity index (χ2n) is 4.83. The van der Waals surface area contributed by atoms with E-state index in [-0.39, 0.29) is 17.7 Å². The third-order valence-corrected chi connectivity index (χ3v) is 2.59. The normalized spacial score (nSPS) is 21.3. The van der Waals surface area contributed by atoms with Crippen LogP contribution in [-0.2, 0) is 9.59 Å². The molecule has 4 heteroatoms. The summed E-state index contributed by atoms with van der Waals surface area (Å²) in [5.41, 5.74) is 0. The first kappa shape index (κ1) is 12.0. The Morgan fingerprint density at radius 2 is 2.13 bits per heavy atom. The number of amides is 2. The molecule has 1 heterocycles. The second kappa shape index (κ2) is 4.64. The molecule has 1 saturated heterocycles. The second-order valence-corrected chi connectivity index (χ2v) is 4.83. The van der Waals surface area contributed by atoms with E-state index in [1.165, 1.54) is 0 Å². The molecule has 1 fully saturated rings. The lowest BCUT2D eigenvalue weighted by Crippen LogP contribution is -2.33. The molecule has 0 aromatic carbocycles. The highest BCUT2D eigenvalue weighted by molar-refractivity contribution is 5.89. The van der Waals surface area contributed by atoms with Gasteiger partial charge in [0.15, 0.2) is 0 Å². The maximum Gasteiger partial charge on any atom is 0.227 e. The van der Waals surface area contributed by atoms with Gasteiger partial charge in [-0.25, -0.2) is 0 Å². The number of rotatable bonds is 3. The fourth-order valence-electron chi connectivity index (χ4n) is 1.92. The van der Waals surface area contributed by atoms with E-state index in [0.717, 1.165) is 6.54 Å². The Bertz CT molecular complexity index is 261. The van der Waals surface area contributed by atoms with Gasteiger partial charge in [0.2, 0.25) is 11.8 Å². The highest BCUT2D eigenvalue weighted by Gasteiger charge is 2.34. The van der Waals surface area contributed by atoms with Gasteiger partial charge in [-0.2, -0.15) is 0 Å².